The van der Waals surface area contributed by atoms with Crippen LogP contribution in [0.5, 0.6) is 0 Å². The number of aromatic nitrogens is 1. The van der Waals surface area contributed by atoms with Crippen LogP contribution in [0.4, 0.5) is 0 Å². The Morgan fingerprint density at radius 3 is 2.32 bits per heavy atom. The molecule has 0 spiro atoms. The molecule has 0 unspecified atom stereocenters. The van der Waals surface area contributed by atoms with E-state index in [9.17, 15) is 9.59 Å². The van der Waals surface area contributed by atoms with Gasteiger partial charge >= 0.3 is 5.97 Å². The third-order valence-electron chi connectivity index (χ3n) is 4.36. The molecule has 2 aromatic rings. The summed E-state index contributed by atoms with van der Waals surface area (Å²) in [6.45, 7) is 5.27. The van der Waals surface area contributed by atoms with Crippen LogP contribution in [0.2, 0.25) is 0 Å². The molecule has 0 saturated heterocycles. The van der Waals surface area contributed by atoms with E-state index in [1.807, 2.05) is 26.2 Å². The van der Waals surface area contributed by atoms with Gasteiger partial charge < -0.3 is 24.7 Å². The number of rotatable bonds is 9. The van der Waals surface area contributed by atoms with Gasteiger partial charge in [0.2, 0.25) is 0 Å². The van der Waals surface area contributed by atoms with Gasteiger partial charge in [-0.25, -0.2) is 4.79 Å². The predicted molar refractivity (Wildman–Crippen MR) is 107 cm³/mol. The van der Waals surface area contributed by atoms with Crippen LogP contribution < -0.4 is 5.32 Å². The highest BCUT2D eigenvalue weighted by Crippen LogP contribution is 2.19. The Hall–Kier alpha value is -2.64. The van der Waals surface area contributed by atoms with Crippen molar-refractivity contribution in [1.29, 1.82) is 0 Å². The second-order valence-corrected chi connectivity index (χ2v) is 6.99. The van der Waals surface area contributed by atoms with Crippen molar-refractivity contribution in [3.05, 3.63) is 57.9 Å². The molecule has 0 fully saturated rings. The van der Waals surface area contributed by atoms with Crippen LogP contribution in [0.15, 0.2) is 24.3 Å². The van der Waals surface area contributed by atoms with Crippen molar-refractivity contribution in [1.82, 2.24) is 15.2 Å². The number of H-pyrrole nitrogens is 1. The lowest BCUT2D eigenvalue weighted by molar-refractivity contribution is 0.0387. The van der Waals surface area contributed by atoms with Crippen molar-refractivity contribution in [2.24, 2.45) is 0 Å². The third kappa shape index (κ3) is 5.68. The minimum absolute atomic E-state index is 0.171. The van der Waals surface area contributed by atoms with E-state index < -0.39 is 5.97 Å². The van der Waals surface area contributed by atoms with Gasteiger partial charge in [-0.3, -0.25) is 4.79 Å². The summed E-state index contributed by atoms with van der Waals surface area (Å²) in [6.07, 6.45) is 0. The van der Waals surface area contributed by atoms with E-state index in [1.165, 1.54) is 5.56 Å². The van der Waals surface area contributed by atoms with E-state index in [-0.39, 0.29) is 12.5 Å². The molecule has 28 heavy (non-hydrogen) atoms. The number of nitrogens with one attached hydrogen (secondary N) is 2. The Labute approximate surface area is 166 Å². The van der Waals surface area contributed by atoms with Gasteiger partial charge in [-0.2, -0.15) is 0 Å². The van der Waals surface area contributed by atoms with Crippen LogP contribution in [-0.2, 0) is 22.6 Å². The lowest BCUT2D eigenvalue weighted by Gasteiger charge is -2.10. The fourth-order valence-electron chi connectivity index (χ4n) is 2.97. The lowest BCUT2D eigenvalue weighted by Crippen LogP contribution is -2.24. The molecule has 1 aromatic carbocycles. The topological polar surface area (TPSA) is 83.7 Å². The standard InChI is InChI=1S/C21H29N3O4/c1-14-18(21(26)28-11-10-27-5)15(2)23-19(14)20(25)22-12-16-6-8-17(9-7-16)13-24(3)4/h6-9,23H,10-13H2,1-5H3,(H,22,25). The molecular formula is C21H29N3O4. The molecule has 1 aromatic heterocycles. The smallest absolute Gasteiger partial charge is 0.340 e. The summed E-state index contributed by atoms with van der Waals surface area (Å²) >= 11 is 0. The highest BCUT2D eigenvalue weighted by molar-refractivity contribution is 6.00. The van der Waals surface area contributed by atoms with Crippen LogP contribution in [-0.4, -0.2) is 56.2 Å². The Balaban J connectivity index is 2.00. The number of ether oxygens (including phenoxy) is 2. The third-order valence-corrected chi connectivity index (χ3v) is 4.36. The van der Waals surface area contributed by atoms with Gasteiger partial charge in [0, 0.05) is 25.9 Å². The van der Waals surface area contributed by atoms with E-state index in [1.54, 1.807) is 21.0 Å². The summed E-state index contributed by atoms with van der Waals surface area (Å²) in [7, 11) is 5.59. The minimum atomic E-state index is -0.459. The predicted octanol–water partition coefficient (Wildman–Crippen LogP) is 2.43. The molecule has 2 N–H and O–H groups in total. The fraction of sp³-hybridized carbons (Fsp3) is 0.429. The number of aryl methyl sites for hydroxylation is 1. The summed E-state index contributed by atoms with van der Waals surface area (Å²) in [6, 6.07) is 8.12. The molecule has 1 heterocycles. The molecule has 2 rings (SSSR count). The Morgan fingerprint density at radius 2 is 1.71 bits per heavy atom. The zero-order valence-corrected chi connectivity index (χ0v) is 17.2. The molecule has 7 nitrogen and oxygen atoms in total. The largest absolute Gasteiger partial charge is 0.460 e. The Kier molecular flexibility index (Phi) is 7.78. The first-order valence-corrected chi connectivity index (χ1v) is 9.19. The highest BCUT2D eigenvalue weighted by Gasteiger charge is 2.22. The van der Waals surface area contributed by atoms with Crippen molar-refractivity contribution in [3.63, 3.8) is 0 Å². The molecule has 1 amide bonds. The van der Waals surface area contributed by atoms with Gasteiger partial charge in [-0.05, 0) is 44.6 Å². The summed E-state index contributed by atoms with van der Waals surface area (Å²) in [5.74, 6) is -0.715. The van der Waals surface area contributed by atoms with Crippen LogP contribution >= 0.6 is 0 Å². The van der Waals surface area contributed by atoms with Crippen molar-refractivity contribution < 1.29 is 19.1 Å². The van der Waals surface area contributed by atoms with Gasteiger partial charge in [0.15, 0.2) is 0 Å². The highest BCUT2D eigenvalue weighted by atomic mass is 16.6. The normalized spacial score (nSPS) is 10.9. The molecule has 0 aliphatic carbocycles. The van der Waals surface area contributed by atoms with Gasteiger partial charge in [-0.1, -0.05) is 24.3 Å². The number of nitrogens with zero attached hydrogens (tertiary/aromatic N) is 1. The maximum Gasteiger partial charge on any atom is 0.340 e. The van der Waals surface area contributed by atoms with E-state index >= 15 is 0 Å². The minimum Gasteiger partial charge on any atom is -0.460 e. The van der Waals surface area contributed by atoms with Crippen LogP contribution in [0.25, 0.3) is 0 Å². The SMILES string of the molecule is COCCOC(=O)c1c(C)[nH]c(C(=O)NCc2ccc(CN(C)C)cc2)c1C. The molecule has 0 radical (unpaired) electrons. The van der Waals surface area contributed by atoms with Crippen molar-refractivity contribution in [3.8, 4) is 0 Å². The summed E-state index contributed by atoms with van der Waals surface area (Å²) < 4.78 is 10.1. The van der Waals surface area contributed by atoms with Crippen molar-refractivity contribution in [2.45, 2.75) is 26.9 Å². The average molecular weight is 387 g/mol. The first-order chi connectivity index (χ1) is 13.3. The molecule has 152 valence electrons. The molecule has 0 atom stereocenters. The number of esters is 1. The number of hydrogen-bond acceptors (Lipinski definition) is 5. The molecular weight excluding hydrogens is 358 g/mol. The Bertz CT molecular complexity index is 810. The summed E-state index contributed by atoms with van der Waals surface area (Å²) in [4.78, 5) is 29.9. The number of methoxy groups -OCH3 is 1. The molecule has 0 aliphatic heterocycles. The van der Waals surface area contributed by atoms with Gasteiger partial charge in [0.05, 0.1) is 12.2 Å². The maximum absolute atomic E-state index is 12.6. The number of aromatic amines is 1. The lowest BCUT2D eigenvalue weighted by atomic mass is 10.1. The zero-order valence-electron chi connectivity index (χ0n) is 17.2. The van der Waals surface area contributed by atoms with E-state index in [0.29, 0.717) is 35.7 Å². The average Bonchev–Trinajstić information content (AvgIpc) is 2.95. The maximum atomic E-state index is 12.6. The van der Waals surface area contributed by atoms with Gasteiger partial charge in [-0.15, -0.1) is 0 Å². The molecule has 7 heteroatoms. The molecule has 0 bridgehead atoms. The van der Waals surface area contributed by atoms with E-state index in [0.717, 1.165) is 12.1 Å². The zero-order chi connectivity index (χ0) is 20.7. The first kappa shape index (κ1) is 21.7. The van der Waals surface area contributed by atoms with E-state index in [2.05, 4.69) is 27.3 Å². The van der Waals surface area contributed by atoms with Gasteiger partial charge in [0.25, 0.3) is 5.91 Å². The quantitative estimate of drug-likeness (QED) is 0.510. The van der Waals surface area contributed by atoms with Crippen LogP contribution in [0.3, 0.4) is 0 Å². The summed E-state index contributed by atoms with van der Waals surface area (Å²) in [5, 5.41) is 2.90. The van der Waals surface area contributed by atoms with Crippen molar-refractivity contribution >= 4 is 11.9 Å². The number of hydrogen-bond donors (Lipinski definition) is 2. The second-order valence-electron chi connectivity index (χ2n) is 6.99. The fourth-order valence-corrected chi connectivity index (χ4v) is 2.97. The Morgan fingerprint density at radius 1 is 1.07 bits per heavy atom. The first-order valence-electron chi connectivity index (χ1n) is 9.19. The number of amides is 1. The summed E-state index contributed by atoms with van der Waals surface area (Å²) in [5.41, 5.74) is 4.19. The number of benzene rings is 1. The van der Waals surface area contributed by atoms with Crippen LogP contribution in [0.1, 0.15) is 43.2 Å². The number of carbonyl (C=O) groups excluding carboxylic acids is 2. The van der Waals surface area contributed by atoms with Crippen molar-refractivity contribution in [2.75, 3.05) is 34.4 Å². The van der Waals surface area contributed by atoms with E-state index in [4.69, 9.17) is 9.47 Å². The molecule has 0 saturated carbocycles. The molecule has 0 aliphatic rings. The number of carbonyl (C=O) groups is 2. The monoisotopic (exact) mass is 387 g/mol. The second kappa shape index (κ2) is 10.1. The van der Waals surface area contributed by atoms with Gasteiger partial charge in [0.1, 0.15) is 12.3 Å². The van der Waals surface area contributed by atoms with Crippen LogP contribution in [0, 0.1) is 13.8 Å².